The minimum absolute atomic E-state index is 0.0975. The Balaban J connectivity index is 1.57. The lowest BCUT2D eigenvalue weighted by molar-refractivity contribution is 0.0687. The maximum Gasteiger partial charge on any atom is 0.278 e. The number of carbonyl (C=O) groups is 1. The summed E-state index contributed by atoms with van der Waals surface area (Å²) in [7, 11) is 0. The highest BCUT2D eigenvalue weighted by Gasteiger charge is 2.30. The number of rotatable bonds is 2. The Morgan fingerprint density at radius 3 is 2.96 bits per heavy atom. The SMILES string of the molecule is Cc1nonc1C(=O)N1CCCC(c2nc3ccccc3o2)C1. The van der Waals surface area contributed by atoms with E-state index in [9.17, 15) is 4.79 Å². The zero-order valence-corrected chi connectivity index (χ0v) is 12.7. The highest BCUT2D eigenvalue weighted by Crippen LogP contribution is 2.29. The average molecular weight is 312 g/mol. The van der Waals surface area contributed by atoms with Crippen LogP contribution in [0.2, 0.25) is 0 Å². The normalized spacial score (nSPS) is 18.5. The Morgan fingerprint density at radius 2 is 2.17 bits per heavy atom. The lowest BCUT2D eigenvalue weighted by atomic mass is 9.97. The summed E-state index contributed by atoms with van der Waals surface area (Å²) in [6.07, 6.45) is 1.85. The number of para-hydroxylation sites is 2. The van der Waals surface area contributed by atoms with E-state index in [1.807, 2.05) is 24.3 Å². The Kier molecular flexibility index (Phi) is 3.33. The summed E-state index contributed by atoms with van der Waals surface area (Å²) in [5.41, 5.74) is 2.42. The maximum absolute atomic E-state index is 12.5. The van der Waals surface area contributed by atoms with Gasteiger partial charge in [-0.2, -0.15) is 0 Å². The van der Waals surface area contributed by atoms with Crippen molar-refractivity contribution in [2.24, 2.45) is 0 Å². The Bertz CT molecular complexity index is 821. The molecule has 3 heterocycles. The largest absolute Gasteiger partial charge is 0.440 e. The molecule has 2 aromatic heterocycles. The van der Waals surface area contributed by atoms with Crippen LogP contribution in [-0.4, -0.2) is 39.2 Å². The summed E-state index contributed by atoms with van der Waals surface area (Å²) in [6, 6.07) is 7.69. The molecular weight excluding hydrogens is 296 g/mol. The fourth-order valence-electron chi connectivity index (χ4n) is 3.00. The lowest BCUT2D eigenvalue weighted by Gasteiger charge is -2.30. The number of aromatic nitrogens is 3. The van der Waals surface area contributed by atoms with E-state index in [2.05, 4.69) is 19.9 Å². The topological polar surface area (TPSA) is 85.3 Å². The number of aryl methyl sites for hydroxylation is 1. The molecule has 1 aromatic carbocycles. The Labute approximate surface area is 132 Å². The van der Waals surface area contributed by atoms with Crippen LogP contribution >= 0.6 is 0 Å². The van der Waals surface area contributed by atoms with E-state index < -0.39 is 0 Å². The monoisotopic (exact) mass is 312 g/mol. The van der Waals surface area contributed by atoms with Crippen LogP contribution in [-0.2, 0) is 0 Å². The van der Waals surface area contributed by atoms with E-state index in [1.54, 1.807) is 11.8 Å². The third kappa shape index (κ3) is 2.48. The molecule has 1 amide bonds. The van der Waals surface area contributed by atoms with Crippen LogP contribution < -0.4 is 0 Å². The second-order valence-electron chi connectivity index (χ2n) is 5.81. The summed E-state index contributed by atoms with van der Waals surface area (Å²) in [5.74, 6) is 0.642. The van der Waals surface area contributed by atoms with E-state index in [-0.39, 0.29) is 17.5 Å². The predicted molar refractivity (Wildman–Crippen MR) is 80.9 cm³/mol. The van der Waals surface area contributed by atoms with Crippen molar-refractivity contribution in [2.75, 3.05) is 13.1 Å². The fourth-order valence-corrected chi connectivity index (χ4v) is 3.00. The van der Waals surface area contributed by atoms with Gasteiger partial charge in [0.15, 0.2) is 17.2 Å². The van der Waals surface area contributed by atoms with Crippen molar-refractivity contribution >= 4 is 17.0 Å². The van der Waals surface area contributed by atoms with Gasteiger partial charge in [0.05, 0.1) is 5.92 Å². The molecule has 1 atom stereocenters. The number of hydrogen-bond donors (Lipinski definition) is 0. The van der Waals surface area contributed by atoms with Crippen molar-refractivity contribution in [3.05, 3.63) is 41.5 Å². The molecule has 1 saturated heterocycles. The predicted octanol–water partition coefficient (Wildman–Crippen LogP) is 2.54. The second-order valence-corrected chi connectivity index (χ2v) is 5.81. The third-order valence-electron chi connectivity index (χ3n) is 4.22. The molecule has 118 valence electrons. The van der Waals surface area contributed by atoms with Gasteiger partial charge in [-0.25, -0.2) is 9.61 Å². The summed E-state index contributed by atoms with van der Waals surface area (Å²) in [5, 5.41) is 7.38. The van der Waals surface area contributed by atoms with E-state index in [0.717, 1.165) is 23.9 Å². The van der Waals surface area contributed by atoms with Crippen LogP contribution in [0.4, 0.5) is 0 Å². The van der Waals surface area contributed by atoms with Crippen molar-refractivity contribution < 1.29 is 13.8 Å². The van der Waals surface area contributed by atoms with Crippen molar-refractivity contribution in [2.45, 2.75) is 25.7 Å². The smallest absolute Gasteiger partial charge is 0.278 e. The second kappa shape index (κ2) is 5.49. The number of piperidine rings is 1. The zero-order valence-electron chi connectivity index (χ0n) is 12.7. The molecule has 1 unspecified atom stereocenters. The van der Waals surface area contributed by atoms with Crippen molar-refractivity contribution in [1.82, 2.24) is 20.2 Å². The number of benzene rings is 1. The molecule has 23 heavy (non-hydrogen) atoms. The van der Waals surface area contributed by atoms with Gasteiger partial charge < -0.3 is 9.32 Å². The molecule has 1 aliphatic rings. The van der Waals surface area contributed by atoms with Crippen LogP contribution in [0.1, 0.15) is 40.8 Å². The molecule has 3 aromatic rings. The maximum atomic E-state index is 12.5. The molecule has 0 bridgehead atoms. The zero-order chi connectivity index (χ0) is 15.8. The highest BCUT2D eigenvalue weighted by atomic mass is 16.6. The number of carbonyl (C=O) groups excluding carboxylic acids is 1. The number of hydrogen-bond acceptors (Lipinski definition) is 6. The Hall–Kier alpha value is -2.70. The van der Waals surface area contributed by atoms with Gasteiger partial charge in [0, 0.05) is 13.1 Å². The van der Waals surface area contributed by atoms with E-state index in [4.69, 9.17) is 4.42 Å². The van der Waals surface area contributed by atoms with Crippen molar-refractivity contribution in [3.63, 3.8) is 0 Å². The van der Waals surface area contributed by atoms with Crippen LogP contribution in [0.3, 0.4) is 0 Å². The Morgan fingerprint density at radius 1 is 1.30 bits per heavy atom. The third-order valence-corrected chi connectivity index (χ3v) is 4.22. The first kappa shape index (κ1) is 13.9. The number of likely N-dealkylation sites (tertiary alicyclic amines) is 1. The number of amides is 1. The highest BCUT2D eigenvalue weighted by molar-refractivity contribution is 5.93. The molecule has 7 nitrogen and oxygen atoms in total. The minimum atomic E-state index is -0.149. The van der Waals surface area contributed by atoms with Crippen molar-refractivity contribution in [3.8, 4) is 0 Å². The van der Waals surface area contributed by atoms with Gasteiger partial charge in [-0.1, -0.05) is 17.3 Å². The fraction of sp³-hybridized carbons (Fsp3) is 0.375. The van der Waals surface area contributed by atoms with Crippen LogP contribution in [0.15, 0.2) is 33.3 Å². The molecule has 1 aliphatic heterocycles. The minimum Gasteiger partial charge on any atom is -0.440 e. The molecule has 7 heteroatoms. The summed E-state index contributed by atoms with van der Waals surface area (Å²) in [6.45, 7) is 2.98. The van der Waals surface area contributed by atoms with Gasteiger partial charge in [-0.05, 0) is 37.1 Å². The van der Waals surface area contributed by atoms with Gasteiger partial charge in [0.1, 0.15) is 11.2 Å². The van der Waals surface area contributed by atoms with Gasteiger partial charge in [-0.15, -0.1) is 0 Å². The van der Waals surface area contributed by atoms with Gasteiger partial charge in [0.2, 0.25) is 0 Å². The first-order valence-corrected chi connectivity index (χ1v) is 7.66. The van der Waals surface area contributed by atoms with E-state index in [0.29, 0.717) is 24.7 Å². The lowest BCUT2D eigenvalue weighted by Crippen LogP contribution is -2.39. The van der Waals surface area contributed by atoms with Gasteiger partial charge >= 0.3 is 0 Å². The molecule has 0 aliphatic carbocycles. The summed E-state index contributed by atoms with van der Waals surface area (Å²) in [4.78, 5) is 18.9. The van der Waals surface area contributed by atoms with E-state index >= 15 is 0 Å². The quantitative estimate of drug-likeness (QED) is 0.723. The van der Waals surface area contributed by atoms with E-state index in [1.165, 1.54) is 0 Å². The first-order valence-electron chi connectivity index (χ1n) is 7.66. The van der Waals surface area contributed by atoms with Crippen molar-refractivity contribution in [1.29, 1.82) is 0 Å². The average Bonchev–Trinajstić information content (AvgIpc) is 3.20. The van der Waals surface area contributed by atoms with Gasteiger partial charge in [-0.3, -0.25) is 4.79 Å². The molecule has 1 fully saturated rings. The molecule has 0 N–H and O–H groups in total. The molecule has 4 rings (SSSR count). The number of fused-ring (bicyclic) bond motifs is 1. The van der Waals surface area contributed by atoms with Gasteiger partial charge in [0.25, 0.3) is 5.91 Å². The molecule has 0 saturated carbocycles. The standard InChI is InChI=1S/C16H16N4O3/c1-10-14(19-23-18-10)16(21)20-8-4-5-11(9-20)15-17-12-6-2-3-7-13(12)22-15/h2-3,6-7,11H,4-5,8-9H2,1H3. The number of oxazole rings is 1. The molecule has 0 radical (unpaired) electrons. The van der Waals surface area contributed by atoms with Crippen LogP contribution in [0.25, 0.3) is 11.1 Å². The molecule has 0 spiro atoms. The first-order chi connectivity index (χ1) is 11.2. The number of nitrogens with zero attached hydrogens (tertiary/aromatic N) is 4. The van der Waals surface area contributed by atoms with Crippen LogP contribution in [0.5, 0.6) is 0 Å². The molecular formula is C16H16N4O3. The van der Waals surface area contributed by atoms with Crippen LogP contribution in [0, 0.1) is 6.92 Å². The summed E-state index contributed by atoms with van der Waals surface area (Å²) >= 11 is 0. The summed E-state index contributed by atoms with van der Waals surface area (Å²) < 4.78 is 10.5.